The average Bonchev–Trinajstić information content (AvgIpc) is 3.03. The lowest BCUT2D eigenvalue weighted by molar-refractivity contribution is 0.0593. The van der Waals surface area contributed by atoms with Crippen LogP contribution in [-0.4, -0.2) is 25.2 Å². The molecule has 6 nitrogen and oxygen atoms in total. The van der Waals surface area contributed by atoms with Crippen molar-refractivity contribution < 1.29 is 19.0 Å². The quantitative estimate of drug-likeness (QED) is 0.760. The van der Waals surface area contributed by atoms with Gasteiger partial charge in [-0.15, -0.1) is 0 Å². The second-order valence-electron chi connectivity index (χ2n) is 5.66. The van der Waals surface area contributed by atoms with Gasteiger partial charge in [-0.1, -0.05) is 12.1 Å². The summed E-state index contributed by atoms with van der Waals surface area (Å²) in [6.45, 7) is 2.97. The molecule has 0 saturated heterocycles. The molecule has 25 heavy (non-hydrogen) atoms. The lowest BCUT2D eigenvalue weighted by Crippen LogP contribution is -2.13. The summed E-state index contributed by atoms with van der Waals surface area (Å²) in [5, 5.41) is 3.32. The molecule has 1 aromatic heterocycles. The number of hydrogen-bond acceptors (Lipinski definition) is 6. The fraction of sp³-hybridized carbons (Fsp3) is 0.333. The zero-order valence-electron chi connectivity index (χ0n) is 14.3. The van der Waals surface area contributed by atoms with Crippen LogP contribution in [0.5, 0.6) is 5.75 Å². The highest BCUT2D eigenvalue weighted by molar-refractivity contribution is 9.10. The molecule has 2 heterocycles. The third-order valence-electron chi connectivity index (χ3n) is 4.16. The number of anilines is 1. The third-order valence-corrected chi connectivity index (χ3v) is 5.01. The number of pyridine rings is 1. The van der Waals surface area contributed by atoms with Crippen molar-refractivity contribution in [2.24, 2.45) is 0 Å². The normalized spacial score (nSPS) is 15.6. The number of nitrogens with one attached hydrogen (secondary N) is 1. The molecule has 0 radical (unpaired) electrons. The van der Waals surface area contributed by atoms with Crippen LogP contribution >= 0.6 is 15.9 Å². The summed E-state index contributed by atoms with van der Waals surface area (Å²) in [4.78, 5) is 16.5. The number of fused-ring (bicyclic) bond motifs is 1. The standard InChI is InChI=1S/C18H19BrN2O4/c1-10-14-13(9-25-10)15(19)16(18(22)24-3)21-17(14)20-8-11-4-6-12(23-2)7-5-11/h4-7,10H,8-9H2,1-3H3,(H,20,21)/t10-/m1/s1. The van der Waals surface area contributed by atoms with E-state index in [0.717, 1.165) is 22.4 Å². The van der Waals surface area contributed by atoms with Crippen LogP contribution in [-0.2, 0) is 22.6 Å². The molecule has 132 valence electrons. The van der Waals surface area contributed by atoms with E-state index in [9.17, 15) is 4.79 Å². The van der Waals surface area contributed by atoms with Crippen LogP contribution in [0.4, 0.5) is 5.82 Å². The highest BCUT2D eigenvalue weighted by atomic mass is 79.9. The molecule has 1 aliphatic heterocycles. The fourth-order valence-corrected chi connectivity index (χ4v) is 3.37. The molecule has 0 fully saturated rings. The summed E-state index contributed by atoms with van der Waals surface area (Å²) in [7, 11) is 2.98. The number of aromatic nitrogens is 1. The Bertz CT molecular complexity index is 793. The molecule has 1 aliphatic rings. The van der Waals surface area contributed by atoms with Crippen LogP contribution in [0.1, 0.15) is 40.2 Å². The van der Waals surface area contributed by atoms with E-state index in [1.807, 2.05) is 31.2 Å². The van der Waals surface area contributed by atoms with Crippen molar-refractivity contribution in [3.05, 3.63) is 51.1 Å². The Labute approximate surface area is 154 Å². The number of rotatable bonds is 5. The van der Waals surface area contributed by atoms with Crippen molar-refractivity contribution in [2.75, 3.05) is 19.5 Å². The summed E-state index contributed by atoms with van der Waals surface area (Å²) >= 11 is 3.46. The molecule has 0 amide bonds. The number of benzene rings is 1. The number of carbonyl (C=O) groups is 1. The number of halogens is 1. The molecule has 0 unspecified atom stereocenters. The number of nitrogens with zero attached hydrogens (tertiary/aromatic N) is 1. The highest BCUT2D eigenvalue weighted by Crippen LogP contribution is 2.40. The Hall–Kier alpha value is -2.12. The highest BCUT2D eigenvalue weighted by Gasteiger charge is 2.30. The van der Waals surface area contributed by atoms with Gasteiger partial charge in [-0.25, -0.2) is 9.78 Å². The zero-order chi connectivity index (χ0) is 18.0. The maximum Gasteiger partial charge on any atom is 0.357 e. The molecule has 1 N–H and O–H groups in total. The minimum absolute atomic E-state index is 0.0936. The number of methoxy groups -OCH3 is 2. The first-order valence-corrected chi connectivity index (χ1v) is 8.63. The van der Waals surface area contributed by atoms with Gasteiger partial charge in [0.25, 0.3) is 0 Å². The second-order valence-corrected chi connectivity index (χ2v) is 6.45. The van der Waals surface area contributed by atoms with Gasteiger partial charge in [0.2, 0.25) is 0 Å². The van der Waals surface area contributed by atoms with Crippen LogP contribution in [0.15, 0.2) is 28.7 Å². The zero-order valence-corrected chi connectivity index (χ0v) is 15.8. The molecular weight excluding hydrogens is 388 g/mol. The van der Waals surface area contributed by atoms with Gasteiger partial charge in [-0.3, -0.25) is 0 Å². The maximum absolute atomic E-state index is 12.0. The van der Waals surface area contributed by atoms with Crippen molar-refractivity contribution >= 4 is 27.7 Å². The molecule has 0 saturated carbocycles. The van der Waals surface area contributed by atoms with Crippen LogP contribution in [0.3, 0.4) is 0 Å². The van der Waals surface area contributed by atoms with Gasteiger partial charge >= 0.3 is 5.97 Å². The largest absolute Gasteiger partial charge is 0.497 e. The molecule has 2 aromatic rings. The Morgan fingerprint density at radius 2 is 2.08 bits per heavy atom. The molecule has 1 atom stereocenters. The number of esters is 1. The van der Waals surface area contributed by atoms with E-state index in [1.54, 1.807) is 7.11 Å². The summed E-state index contributed by atoms with van der Waals surface area (Å²) < 4.78 is 16.4. The molecule has 0 spiro atoms. The first-order chi connectivity index (χ1) is 12.0. The SMILES string of the molecule is COC(=O)c1nc(NCc2ccc(OC)cc2)c2c(c1Br)CO[C@@H]2C. The predicted octanol–water partition coefficient (Wildman–Crippen LogP) is 3.84. The molecule has 3 rings (SSSR count). The van der Waals surface area contributed by atoms with E-state index in [2.05, 4.69) is 26.2 Å². The van der Waals surface area contributed by atoms with Crippen molar-refractivity contribution in [3.8, 4) is 5.75 Å². The van der Waals surface area contributed by atoms with Gasteiger partial charge in [0, 0.05) is 17.7 Å². The molecule has 0 aliphatic carbocycles. The van der Waals surface area contributed by atoms with Crippen molar-refractivity contribution in [1.82, 2.24) is 4.98 Å². The van der Waals surface area contributed by atoms with E-state index in [4.69, 9.17) is 14.2 Å². The van der Waals surface area contributed by atoms with Gasteiger partial charge in [0.1, 0.15) is 11.6 Å². The maximum atomic E-state index is 12.0. The van der Waals surface area contributed by atoms with E-state index in [1.165, 1.54) is 7.11 Å². The van der Waals surface area contributed by atoms with Crippen molar-refractivity contribution in [1.29, 1.82) is 0 Å². The van der Waals surface area contributed by atoms with Crippen LogP contribution in [0.25, 0.3) is 0 Å². The molecule has 0 bridgehead atoms. The Morgan fingerprint density at radius 3 is 2.72 bits per heavy atom. The minimum Gasteiger partial charge on any atom is -0.497 e. The van der Waals surface area contributed by atoms with E-state index in [0.29, 0.717) is 23.4 Å². The smallest absolute Gasteiger partial charge is 0.357 e. The Kier molecular flexibility index (Phi) is 5.24. The summed E-state index contributed by atoms with van der Waals surface area (Å²) in [5.41, 5.74) is 3.22. The first kappa shape index (κ1) is 17.7. The van der Waals surface area contributed by atoms with Gasteiger partial charge in [-0.2, -0.15) is 0 Å². The first-order valence-electron chi connectivity index (χ1n) is 7.84. The number of carbonyl (C=O) groups excluding carboxylic acids is 1. The lowest BCUT2D eigenvalue weighted by atomic mass is 10.1. The van der Waals surface area contributed by atoms with Gasteiger partial charge in [-0.05, 0) is 40.5 Å². The molecule has 1 aromatic carbocycles. The molecular formula is C18H19BrN2O4. The number of ether oxygens (including phenoxy) is 3. The van der Waals surface area contributed by atoms with Crippen LogP contribution < -0.4 is 10.1 Å². The van der Waals surface area contributed by atoms with Crippen molar-refractivity contribution in [2.45, 2.75) is 26.2 Å². The summed E-state index contributed by atoms with van der Waals surface area (Å²) in [5.74, 6) is 0.961. The van der Waals surface area contributed by atoms with Gasteiger partial charge in [0.05, 0.1) is 31.4 Å². The van der Waals surface area contributed by atoms with E-state index in [-0.39, 0.29) is 11.8 Å². The molecule has 7 heteroatoms. The lowest BCUT2D eigenvalue weighted by Gasteiger charge is -2.15. The predicted molar refractivity (Wildman–Crippen MR) is 96.8 cm³/mol. The Morgan fingerprint density at radius 1 is 1.36 bits per heavy atom. The third kappa shape index (κ3) is 3.48. The second kappa shape index (κ2) is 7.41. The number of hydrogen-bond donors (Lipinski definition) is 1. The minimum atomic E-state index is -0.485. The van der Waals surface area contributed by atoms with E-state index >= 15 is 0 Å². The monoisotopic (exact) mass is 406 g/mol. The summed E-state index contributed by atoms with van der Waals surface area (Å²) in [6.07, 6.45) is -0.0936. The summed E-state index contributed by atoms with van der Waals surface area (Å²) in [6, 6.07) is 7.77. The fourth-order valence-electron chi connectivity index (χ4n) is 2.79. The topological polar surface area (TPSA) is 69.7 Å². The van der Waals surface area contributed by atoms with Crippen LogP contribution in [0, 0.1) is 0 Å². The van der Waals surface area contributed by atoms with Gasteiger partial charge in [0.15, 0.2) is 5.69 Å². The van der Waals surface area contributed by atoms with E-state index < -0.39 is 5.97 Å². The van der Waals surface area contributed by atoms with Gasteiger partial charge < -0.3 is 19.5 Å². The Balaban J connectivity index is 1.91. The van der Waals surface area contributed by atoms with Crippen LogP contribution in [0.2, 0.25) is 0 Å². The van der Waals surface area contributed by atoms with Crippen molar-refractivity contribution in [3.63, 3.8) is 0 Å². The average molecular weight is 407 g/mol.